The molecule has 0 aliphatic heterocycles. The molecule has 7 heteroatoms. The molecular weight excluding hydrogens is 268 g/mol. The van der Waals surface area contributed by atoms with Gasteiger partial charge < -0.3 is 5.11 Å². The molecule has 1 heterocycles. The number of hydrogen-bond donors (Lipinski definition) is 2. The van der Waals surface area contributed by atoms with Crippen molar-refractivity contribution in [1.82, 2.24) is 4.98 Å². The van der Waals surface area contributed by atoms with Crippen LogP contribution in [0.3, 0.4) is 0 Å². The molecule has 0 saturated carbocycles. The highest BCUT2D eigenvalue weighted by molar-refractivity contribution is 7.13. The zero-order valence-electron chi connectivity index (χ0n) is 10.8. The molecule has 0 aromatic carbocycles. The van der Waals surface area contributed by atoms with Crippen molar-refractivity contribution in [2.45, 2.75) is 20.8 Å². The summed E-state index contributed by atoms with van der Waals surface area (Å²) in [6.07, 6.45) is 2.09. The highest BCUT2D eigenvalue weighted by Gasteiger charge is 2.26. The van der Waals surface area contributed by atoms with Gasteiger partial charge in [0.2, 0.25) is 11.6 Å². The summed E-state index contributed by atoms with van der Waals surface area (Å²) < 4.78 is 0. The van der Waals surface area contributed by atoms with Crippen LogP contribution < -0.4 is 5.32 Å². The monoisotopic (exact) mass is 282 g/mol. The number of ketones is 2. The van der Waals surface area contributed by atoms with Gasteiger partial charge in [-0.25, -0.2) is 4.98 Å². The number of nitrogens with zero attached hydrogens (tertiary/aromatic N) is 1. The van der Waals surface area contributed by atoms with E-state index in [2.05, 4.69) is 10.3 Å². The van der Waals surface area contributed by atoms with Crippen LogP contribution in [0, 0.1) is 5.41 Å². The summed E-state index contributed by atoms with van der Waals surface area (Å²) >= 11 is 1.15. The highest BCUT2D eigenvalue weighted by Crippen LogP contribution is 2.18. The third-order valence-corrected chi connectivity index (χ3v) is 2.75. The Kier molecular flexibility index (Phi) is 4.55. The molecule has 6 nitrogen and oxygen atoms in total. The number of aliphatic hydroxyl groups excluding tert-OH is 1. The molecule has 1 rings (SSSR count). The topological polar surface area (TPSA) is 96.4 Å². The lowest BCUT2D eigenvalue weighted by atomic mass is 9.89. The van der Waals surface area contributed by atoms with Crippen molar-refractivity contribution >= 4 is 33.9 Å². The molecule has 1 amide bonds. The van der Waals surface area contributed by atoms with Gasteiger partial charge >= 0.3 is 0 Å². The second kappa shape index (κ2) is 5.75. The van der Waals surface area contributed by atoms with Crippen molar-refractivity contribution in [3.05, 3.63) is 23.4 Å². The maximum atomic E-state index is 11.6. The summed E-state index contributed by atoms with van der Waals surface area (Å²) in [4.78, 5) is 38.3. The van der Waals surface area contributed by atoms with Gasteiger partial charge in [-0.3, -0.25) is 19.7 Å². The molecule has 0 spiro atoms. The Morgan fingerprint density at radius 2 is 2.00 bits per heavy atom. The normalized spacial score (nSPS) is 12.1. The minimum Gasteiger partial charge on any atom is -0.504 e. The molecule has 0 fully saturated rings. The number of aliphatic hydroxyl groups is 1. The minimum absolute atomic E-state index is 0.272. The summed E-state index contributed by atoms with van der Waals surface area (Å²) in [5.74, 6) is -3.30. The van der Waals surface area contributed by atoms with Crippen LogP contribution in [0.5, 0.6) is 0 Å². The predicted octanol–water partition coefficient (Wildman–Crippen LogP) is 1.71. The van der Waals surface area contributed by atoms with Crippen molar-refractivity contribution in [1.29, 1.82) is 0 Å². The Morgan fingerprint density at radius 3 is 2.47 bits per heavy atom. The number of carbonyl (C=O) groups is 3. The minimum atomic E-state index is -1.01. The number of nitrogens with one attached hydrogen (secondary N) is 1. The van der Waals surface area contributed by atoms with Crippen LogP contribution in [0.1, 0.15) is 20.8 Å². The highest BCUT2D eigenvalue weighted by atomic mass is 32.1. The second-order valence-electron chi connectivity index (χ2n) is 4.76. The quantitative estimate of drug-likeness (QED) is 0.498. The zero-order chi connectivity index (χ0) is 14.6. The van der Waals surface area contributed by atoms with Gasteiger partial charge in [-0.05, 0) is 0 Å². The molecule has 2 N–H and O–H groups in total. The second-order valence-corrected chi connectivity index (χ2v) is 5.66. The number of allylic oxidation sites excluding steroid dienone is 1. The van der Waals surface area contributed by atoms with Crippen molar-refractivity contribution < 1.29 is 19.5 Å². The van der Waals surface area contributed by atoms with Crippen LogP contribution in [0.15, 0.2) is 23.4 Å². The Morgan fingerprint density at radius 1 is 1.37 bits per heavy atom. The van der Waals surface area contributed by atoms with E-state index in [1.807, 2.05) is 0 Å². The van der Waals surface area contributed by atoms with Crippen LogP contribution >= 0.6 is 11.3 Å². The van der Waals surface area contributed by atoms with Crippen molar-refractivity contribution in [2.75, 3.05) is 5.32 Å². The fourth-order valence-corrected chi connectivity index (χ4v) is 1.61. The largest absolute Gasteiger partial charge is 0.504 e. The molecule has 0 aliphatic carbocycles. The number of aromatic nitrogens is 1. The van der Waals surface area contributed by atoms with E-state index in [0.29, 0.717) is 6.08 Å². The first-order valence-electron chi connectivity index (χ1n) is 5.42. The molecule has 0 atom stereocenters. The number of rotatable bonds is 4. The molecular formula is C12H14N2O4S. The summed E-state index contributed by atoms with van der Waals surface area (Å²) in [5, 5.41) is 13.7. The van der Waals surface area contributed by atoms with E-state index in [0.717, 1.165) is 11.3 Å². The third-order valence-electron chi connectivity index (χ3n) is 2.06. The zero-order valence-corrected chi connectivity index (χ0v) is 11.6. The standard InChI is InChI=1S/C12H14N2O4S/c1-12(2,3)9(17)7(15)6-8(16)10(18)14-11-13-4-5-19-11/h4-6,15H,1-3H3,(H,13,14,18). The Hall–Kier alpha value is -2.02. The van der Waals surface area contributed by atoms with Gasteiger partial charge in [-0.15, -0.1) is 11.3 Å². The summed E-state index contributed by atoms with van der Waals surface area (Å²) in [6, 6.07) is 0. The Bertz CT molecular complexity index is 526. The Balaban J connectivity index is 2.73. The number of Topliss-reactive ketones (excluding diaryl/α,β-unsaturated/α-hetero) is 1. The van der Waals surface area contributed by atoms with Gasteiger partial charge in [0, 0.05) is 23.1 Å². The van der Waals surface area contributed by atoms with E-state index in [-0.39, 0.29) is 5.13 Å². The van der Waals surface area contributed by atoms with Gasteiger partial charge in [0.15, 0.2) is 10.9 Å². The average molecular weight is 282 g/mol. The predicted molar refractivity (Wildman–Crippen MR) is 70.9 cm³/mol. The average Bonchev–Trinajstić information content (AvgIpc) is 2.79. The first kappa shape index (κ1) is 15.0. The maximum Gasteiger partial charge on any atom is 0.298 e. The first-order valence-corrected chi connectivity index (χ1v) is 6.30. The SMILES string of the molecule is CC(C)(C)C(=O)C(O)=CC(=O)C(=O)Nc1nccs1. The third kappa shape index (κ3) is 4.29. The number of carbonyl (C=O) groups excluding carboxylic acids is 3. The number of anilines is 1. The summed E-state index contributed by atoms with van der Waals surface area (Å²) in [5.41, 5.74) is -0.827. The molecule has 102 valence electrons. The van der Waals surface area contributed by atoms with Crippen molar-refractivity contribution in [3.63, 3.8) is 0 Å². The lowest BCUT2D eigenvalue weighted by molar-refractivity contribution is -0.132. The van der Waals surface area contributed by atoms with Crippen LogP contribution in [0.4, 0.5) is 5.13 Å². The summed E-state index contributed by atoms with van der Waals surface area (Å²) in [6.45, 7) is 4.79. The van der Waals surface area contributed by atoms with Gasteiger partial charge in [-0.2, -0.15) is 0 Å². The van der Waals surface area contributed by atoms with E-state index < -0.39 is 28.6 Å². The van der Waals surface area contributed by atoms with Crippen LogP contribution in [0.2, 0.25) is 0 Å². The molecule has 0 aliphatic rings. The Labute approximate surface area is 114 Å². The van der Waals surface area contributed by atoms with E-state index in [9.17, 15) is 19.5 Å². The molecule has 0 unspecified atom stereocenters. The van der Waals surface area contributed by atoms with Gasteiger partial charge in [0.25, 0.3) is 5.91 Å². The van der Waals surface area contributed by atoms with Gasteiger partial charge in [0.05, 0.1) is 0 Å². The molecule has 0 saturated heterocycles. The fraction of sp³-hybridized carbons (Fsp3) is 0.333. The molecule has 19 heavy (non-hydrogen) atoms. The van der Waals surface area contributed by atoms with Crippen LogP contribution in [-0.4, -0.2) is 27.6 Å². The molecule has 1 aromatic heterocycles. The fourth-order valence-electron chi connectivity index (χ4n) is 1.08. The number of thiazole rings is 1. The lowest BCUT2D eigenvalue weighted by Gasteiger charge is -2.15. The maximum absolute atomic E-state index is 11.6. The van der Waals surface area contributed by atoms with Crippen molar-refractivity contribution in [2.24, 2.45) is 5.41 Å². The summed E-state index contributed by atoms with van der Waals surface area (Å²) in [7, 11) is 0. The van der Waals surface area contributed by atoms with E-state index in [4.69, 9.17) is 0 Å². The molecule has 0 radical (unpaired) electrons. The first-order chi connectivity index (χ1) is 8.71. The number of amides is 1. The molecule has 0 bridgehead atoms. The van der Waals surface area contributed by atoms with Gasteiger partial charge in [-0.1, -0.05) is 20.8 Å². The van der Waals surface area contributed by atoms with Crippen LogP contribution in [-0.2, 0) is 14.4 Å². The van der Waals surface area contributed by atoms with E-state index in [1.54, 1.807) is 26.2 Å². The van der Waals surface area contributed by atoms with Crippen LogP contribution in [0.25, 0.3) is 0 Å². The smallest absolute Gasteiger partial charge is 0.298 e. The lowest BCUT2D eigenvalue weighted by Crippen LogP contribution is -2.25. The van der Waals surface area contributed by atoms with Crippen molar-refractivity contribution in [3.8, 4) is 0 Å². The van der Waals surface area contributed by atoms with E-state index >= 15 is 0 Å². The molecule has 1 aromatic rings. The number of hydrogen-bond acceptors (Lipinski definition) is 6. The van der Waals surface area contributed by atoms with Gasteiger partial charge in [0.1, 0.15) is 0 Å². The van der Waals surface area contributed by atoms with E-state index in [1.165, 1.54) is 6.20 Å².